The lowest BCUT2D eigenvalue weighted by Gasteiger charge is -2.33. The van der Waals surface area contributed by atoms with Crippen molar-refractivity contribution in [3.63, 3.8) is 0 Å². The molecular weight excluding hydrogens is 606 g/mol. The number of hydrogen-bond donors (Lipinski definition) is 2. The average molecular weight is 639 g/mol. The fraction of sp³-hybridized carbons (Fsp3) is 0.400. The van der Waals surface area contributed by atoms with Gasteiger partial charge in [-0.05, 0) is 31.9 Å². The number of halogens is 3. The van der Waals surface area contributed by atoms with Crippen LogP contribution in [0.1, 0.15) is 41.7 Å². The normalized spacial score (nSPS) is 17.0. The van der Waals surface area contributed by atoms with Gasteiger partial charge in [-0.1, -0.05) is 23.7 Å². The molecule has 2 fully saturated rings. The molecule has 0 bridgehead atoms. The number of para-hydroxylation sites is 1. The molecule has 0 unspecified atom stereocenters. The lowest BCUT2D eigenvalue weighted by molar-refractivity contribution is -0.0221. The molecule has 3 N–H and O–H groups in total. The maximum absolute atomic E-state index is 13.6. The minimum atomic E-state index is -2.66. The highest BCUT2D eigenvalue weighted by molar-refractivity contribution is 6.32. The molecule has 12 nitrogen and oxygen atoms in total. The van der Waals surface area contributed by atoms with Crippen molar-refractivity contribution in [3.05, 3.63) is 69.5 Å². The topological polar surface area (TPSA) is 140 Å². The maximum atomic E-state index is 13.6. The Balaban J connectivity index is 1.13. The SMILES string of the molecule is Cc1c(C(=O)NC2CCN(c3nc(-c4cncc(N5CCC(F)(F)CC5)n4)cnc3N)CC2)c(=O)n(-c2ccccc2Cl)n1C. The highest BCUT2D eigenvalue weighted by atomic mass is 35.5. The molecule has 5 heterocycles. The van der Waals surface area contributed by atoms with Crippen LogP contribution in [0.5, 0.6) is 0 Å². The van der Waals surface area contributed by atoms with E-state index < -0.39 is 17.4 Å². The van der Waals surface area contributed by atoms with E-state index in [1.807, 2.05) is 4.90 Å². The van der Waals surface area contributed by atoms with Gasteiger partial charge >= 0.3 is 0 Å². The first-order valence-electron chi connectivity index (χ1n) is 14.7. The van der Waals surface area contributed by atoms with Gasteiger partial charge in [-0.25, -0.2) is 28.4 Å². The average Bonchev–Trinajstić information content (AvgIpc) is 3.25. The number of amides is 1. The van der Waals surface area contributed by atoms with Crippen LogP contribution < -0.4 is 26.4 Å². The number of nitrogens with zero attached hydrogens (tertiary/aromatic N) is 8. The minimum Gasteiger partial charge on any atom is -0.381 e. The van der Waals surface area contributed by atoms with Gasteiger partial charge in [-0.2, -0.15) is 0 Å². The van der Waals surface area contributed by atoms with E-state index in [0.717, 1.165) is 0 Å². The molecule has 0 saturated carbocycles. The second-order valence-electron chi connectivity index (χ2n) is 11.4. The van der Waals surface area contributed by atoms with E-state index in [0.29, 0.717) is 65.4 Å². The van der Waals surface area contributed by atoms with Crippen LogP contribution in [0, 0.1) is 6.92 Å². The number of benzene rings is 1. The van der Waals surface area contributed by atoms with Crippen molar-refractivity contribution in [1.82, 2.24) is 34.6 Å². The van der Waals surface area contributed by atoms with E-state index in [1.54, 1.807) is 60.2 Å². The zero-order valence-electron chi connectivity index (χ0n) is 24.9. The first kappa shape index (κ1) is 30.4. The van der Waals surface area contributed by atoms with Gasteiger partial charge in [0.05, 0.1) is 35.0 Å². The number of carbonyl (C=O) groups is 1. The quantitative estimate of drug-likeness (QED) is 0.324. The van der Waals surface area contributed by atoms with Crippen molar-refractivity contribution in [1.29, 1.82) is 0 Å². The number of nitrogens with one attached hydrogen (secondary N) is 1. The second kappa shape index (κ2) is 12.1. The number of anilines is 3. The van der Waals surface area contributed by atoms with E-state index in [-0.39, 0.29) is 43.4 Å². The summed E-state index contributed by atoms with van der Waals surface area (Å²) in [5.74, 6) is -1.84. The highest BCUT2D eigenvalue weighted by Gasteiger charge is 2.34. The van der Waals surface area contributed by atoms with Crippen LogP contribution in [0.25, 0.3) is 17.1 Å². The molecule has 0 radical (unpaired) electrons. The number of carbonyl (C=O) groups excluding carboxylic acids is 1. The molecule has 2 aliphatic heterocycles. The molecule has 0 aliphatic carbocycles. The highest BCUT2D eigenvalue weighted by Crippen LogP contribution is 2.31. The largest absolute Gasteiger partial charge is 0.381 e. The Morgan fingerprint density at radius 2 is 1.71 bits per heavy atom. The van der Waals surface area contributed by atoms with Crippen LogP contribution in [-0.2, 0) is 7.05 Å². The van der Waals surface area contributed by atoms with E-state index in [1.165, 1.54) is 10.9 Å². The molecule has 0 atom stereocenters. The van der Waals surface area contributed by atoms with Crippen molar-refractivity contribution < 1.29 is 13.6 Å². The molecule has 1 amide bonds. The zero-order valence-corrected chi connectivity index (χ0v) is 25.6. The summed E-state index contributed by atoms with van der Waals surface area (Å²) in [7, 11) is 1.71. The van der Waals surface area contributed by atoms with E-state index in [9.17, 15) is 18.4 Å². The smallest absolute Gasteiger partial charge is 0.284 e. The Hall–Kier alpha value is -4.59. The summed E-state index contributed by atoms with van der Waals surface area (Å²) in [5, 5.41) is 3.43. The Morgan fingerprint density at radius 3 is 2.42 bits per heavy atom. The zero-order chi connectivity index (χ0) is 31.9. The summed E-state index contributed by atoms with van der Waals surface area (Å²) in [5.41, 5.74) is 7.80. The maximum Gasteiger partial charge on any atom is 0.284 e. The summed E-state index contributed by atoms with van der Waals surface area (Å²) in [6.45, 7) is 3.19. The van der Waals surface area contributed by atoms with Gasteiger partial charge in [-0.3, -0.25) is 19.3 Å². The molecule has 2 saturated heterocycles. The first-order chi connectivity index (χ1) is 21.5. The Morgan fingerprint density at radius 1 is 1.02 bits per heavy atom. The third kappa shape index (κ3) is 6.06. The van der Waals surface area contributed by atoms with Gasteiger partial charge in [0.1, 0.15) is 22.8 Å². The molecule has 0 spiro atoms. The number of nitrogen functional groups attached to an aromatic ring is 1. The monoisotopic (exact) mass is 638 g/mol. The third-order valence-corrected chi connectivity index (χ3v) is 8.80. The van der Waals surface area contributed by atoms with Gasteiger partial charge in [0, 0.05) is 52.1 Å². The van der Waals surface area contributed by atoms with Gasteiger partial charge in [0.15, 0.2) is 11.6 Å². The number of nitrogens with two attached hydrogens (primary N) is 1. The molecule has 236 valence electrons. The summed E-state index contributed by atoms with van der Waals surface area (Å²) in [6, 6.07) is 6.81. The molecule has 6 rings (SSSR count). The number of rotatable bonds is 6. The first-order valence-corrected chi connectivity index (χ1v) is 15.1. The van der Waals surface area contributed by atoms with Gasteiger partial charge < -0.3 is 20.9 Å². The lowest BCUT2D eigenvalue weighted by Crippen LogP contribution is -2.46. The Labute approximate surface area is 262 Å². The van der Waals surface area contributed by atoms with Crippen LogP contribution >= 0.6 is 11.6 Å². The standard InChI is InChI=1S/C30H33ClF2N10O2/c1-18-25(29(45)43(40(18)2)23-6-4-3-5-20(23)31)28(44)37-19-7-11-42(12-8-19)27-26(34)36-16-22(39-27)21-15-35-17-24(38-21)41-13-9-30(32,33)10-14-41/h3-6,15-17,19H,7-14H2,1-2H3,(H2,34,36)(H,37,44). The van der Waals surface area contributed by atoms with Crippen molar-refractivity contribution in [2.45, 2.75) is 44.6 Å². The van der Waals surface area contributed by atoms with Crippen LogP contribution in [0.15, 0.2) is 47.7 Å². The van der Waals surface area contributed by atoms with E-state index >= 15 is 0 Å². The van der Waals surface area contributed by atoms with Crippen LogP contribution in [0.4, 0.5) is 26.2 Å². The van der Waals surface area contributed by atoms with Crippen molar-refractivity contribution in [2.75, 3.05) is 41.7 Å². The number of aromatic nitrogens is 6. The predicted molar refractivity (Wildman–Crippen MR) is 167 cm³/mol. The lowest BCUT2D eigenvalue weighted by atomic mass is 10.0. The van der Waals surface area contributed by atoms with Crippen molar-refractivity contribution >= 4 is 35.0 Å². The number of piperidine rings is 2. The summed E-state index contributed by atoms with van der Waals surface area (Å²) >= 11 is 6.34. The Kier molecular flexibility index (Phi) is 8.16. The molecule has 45 heavy (non-hydrogen) atoms. The summed E-state index contributed by atoms with van der Waals surface area (Å²) < 4.78 is 30.3. The molecule has 2 aliphatic rings. The molecule has 4 aromatic rings. The Bertz CT molecular complexity index is 1790. The third-order valence-electron chi connectivity index (χ3n) is 8.48. The fourth-order valence-electron chi connectivity index (χ4n) is 5.80. The minimum absolute atomic E-state index is 0.0734. The second-order valence-corrected chi connectivity index (χ2v) is 11.8. The number of alkyl halides is 2. The van der Waals surface area contributed by atoms with Crippen molar-refractivity contribution in [3.8, 4) is 17.1 Å². The molecule has 15 heteroatoms. The van der Waals surface area contributed by atoms with Gasteiger partial charge in [-0.15, -0.1) is 0 Å². The number of hydrogen-bond acceptors (Lipinski definition) is 9. The predicted octanol–water partition coefficient (Wildman–Crippen LogP) is 3.60. The fourth-order valence-corrected chi connectivity index (χ4v) is 6.01. The van der Waals surface area contributed by atoms with Crippen molar-refractivity contribution in [2.24, 2.45) is 7.05 Å². The van der Waals surface area contributed by atoms with Crippen LogP contribution in [0.2, 0.25) is 5.02 Å². The molecule has 1 aromatic carbocycles. The van der Waals surface area contributed by atoms with Gasteiger partial charge in [0.25, 0.3) is 17.4 Å². The summed E-state index contributed by atoms with van der Waals surface area (Å²) in [4.78, 5) is 48.4. The van der Waals surface area contributed by atoms with E-state index in [4.69, 9.17) is 22.3 Å². The van der Waals surface area contributed by atoms with Crippen LogP contribution in [-0.4, -0.2) is 73.4 Å². The van der Waals surface area contributed by atoms with E-state index in [2.05, 4.69) is 20.3 Å². The van der Waals surface area contributed by atoms with Crippen LogP contribution in [0.3, 0.4) is 0 Å². The summed E-state index contributed by atoms with van der Waals surface area (Å²) in [6.07, 6.45) is 5.36. The van der Waals surface area contributed by atoms with Gasteiger partial charge in [0.2, 0.25) is 0 Å². The molecular formula is C30H33ClF2N10O2. The molecule has 3 aromatic heterocycles.